The lowest BCUT2D eigenvalue weighted by Crippen LogP contribution is -2.29. The molecule has 2 aromatic heterocycles. The van der Waals surface area contributed by atoms with Crippen molar-refractivity contribution in [3.8, 4) is 11.3 Å². The maximum Gasteiger partial charge on any atom is 0.226 e. The fraction of sp³-hybridized carbons (Fsp3) is 0.280. The minimum atomic E-state index is 0.102. The van der Waals surface area contributed by atoms with Crippen molar-refractivity contribution in [2.24, 2.45) is 0 Å². The highest BCUT2D eigenvalue weighted by atomic mass is 16.3. The van der Waals surface area contributed by atoms with Gasteiger partial charge in [-0.2, -0.15) is 5.10 Å². The minimum Gasteiger partial charge on any atom is -0.464 e. The van der Waals surface area contributed by atoms with Crippen LogP contribution in [0, 0.1) is 13.8 Å². The van der Waals surface area contributed by atoms with E-state index in [2.05, 4.69) is 48.3 Å². The zero-order valence-corrected chi connectivity index (χ0v) is 17.7. The lowest BCUT2D eigenvalue weighted by atomic mass is 10.0. The first kappa shape index (κ1) is 20.0. The molecule has 2 heterocycles. The number of nitrogens with one attached hydrogen (secondary N) is 1. The van der Waals surface area contributed by atoms with Crippen molar-refractivity contribution in [1.29, 1.82) is 0 Å². The van der Waals surface area contributed by atoms with Gasteiger partial charge in [0.1, 0.15) is 5.58 Å². The molecule has 0 radical (unpaired) electrons. The zero-order chi connectivity index (χ0) is 21.1. The van der Waals surface area contributed by atoms with Gasteiger partial charge in [0.05, 0.1) is 18.4 Å². The number of rotatable bonds is 7. The maximum atomic E-state index is 12.7. The number of aromatic amines is 1. The smallest absolute Gasteiger partial charge is 0.226 e. The largest absolute Gasteiger partial charge is 0.464 e. The third-order valence-electron chi connectivity index (χ3n) is 5.75. The molecule has 0 unspecified atom stereocenters. The topological polar surface area (TPSA) is 62.1 Å². The van der Waals surface area contributed by atoms with E-state index in [4.69, 9.17) is 4.42 Å². The van der Waals surface area contributed by atoms with E-state index in [0.29, 0.717) is 13.0 Å². The number of hydrogen-bond donors (Lipinski definition) is 1. The van der Waals surface area contributed by atoms with Crippen molar-refractivity contribution in [2.45, 2.75) is 33.1 Å². The molecule has 0 atom stereocenters. The van der Waals surface area contributed by atoms with Crippen molar-refractivity contribution in [2.75, 3.05) is 13.6 Å². The van der Waals surface area contributed by atoms with Crippen LogP contribution in [-0.4, -0.2) is 34.6 Å². The summed E-state index contributed by atoms with van der Waals surface area (Å²) in [5, 5.41) is 8.54. The van der Waals surface area contributed by atoms with E-state index in [0.717, 1.165) is 51.9 Å². The van der Waals surface area contributed by atoms with Crippen LogP contribution in [0.25, 0.3) is 22.2 Å². The number of benzene rings is 2. The van der Waals surface area contributed by atoms with Gasteiger partial charge < -0.3 is 9.32 Å². The molecular formula is C25H27N3O2. The number of H-pyrrole nitrogens is 1. The van der Waals surface area contributed by atoms with Crippen LogP contribution in [0.15, 0.2) is 59.2 Å². The molecule has 1 N–H and O–H groups in total. The highest BCUT2D eigenvalue weighted by molar-refractivity contribution is 5.89. The first-order valence-electron chi connectivity index (χ1n) is 10.3. The predicted octanol–water partition coefficient (Wildman–Crippen LogP) is 5.07. The standard InChI is InChI=1S/C25H27N3O2/c1-17-11-12-22-20(16-30-25(22)18(17)2)14-24(29)28(3)13-7-10-21-15-23(27-26-21)19-8-5-4-6-9-19/h4-6,8-9,11-12,15-16H,7,10,13-14H2,1-3H3,(H,26,27). The number of aromatic nitrogens is 2. The third kappa shape index (κ3) is 4.15. The number of furan rings is 1. The Hall–Kier alpha value is -3.34. The molecule has 0 spiro atoms. The summed E-state index contributed by atoms with van der Waals surface area (Å²) in [7, 11) is 1.86. The van der Waals surface area contributed by atoms with E-state index in [9.17, 15) is 4.79 Å². The van der Waals surface area contributed by atoms with Gasteiger partial charge in [0.15, 0.2) is 0 Å². The minimum absolute atomic E-state index is 0.102. The molecule has 1 amide bonds. The number of aryl methyl sites for hydroxylation is 3. The van der Waals surface area contributed by atoms with Crippen molar-refractivity contribution in [1.82, 2.24) is 15.1 Å². The summed E-state index contributed by atoms with van der Waals surface area (Å²) in [5.74, 6) is 0.102. The van der Waals surface area contributed by atoms with Crippen molar-refractivity contribution < 1.29 is 9.21 Å². The van der Waals surface area contributed by atoms with Gasteiger partial charge in [-0.05, 0) is 43.9 Å². The molecule has 2 aromatic carbocycles. The molecule has 30 heavy (non-hydrogen) atoms. The van der Waals surface area contributed by atoms with Gasteiger partial charge in [-0.3, -0.25) is 9.89 Å². The average molecular weight is 402 g/mol. The Kier molecular flexibility index (Phi) is 5.70. The van der Waals surface area contributed by atoms with Crippen LogP contribution in [0.1, 0.15) is 28.8 Å². The fourth-order valence-electron chi connectivity index (χ4n) is 3.70. The van der Waals surface area contributed by atoms with Crippen LogP contribution >= 0.6 is 0 Å². The zero-order valence-electron chi connectivity index (χ0n) is 17.7. The molecule has 0 bridgehead atoms. The number of fused-ring (bicyclic) bond motifs is 1. The van der Waals surface area contributed by atoms with Crippen LogP contribution in [0.4, 0.5) is 0 Å². The Balaban J connectivity index is 1.31. The van der Waals surface area contributed by atoms with E-state index in [-0.39, 0.29) is 5.91 Å². The Bertz CT molecular complexity index is 1160. The lowest BCUT2D eigenvalue weighted by Gasteiger charge is -2.16. The highest BCUT2D eigenvalue weighted by Crippen LogP contribution is 2.27. The second-order valence-electron chi connectivity index (χ2n) is 7.89. The number of hydrogen-bond acceptors (Lipinski definition) is 3. The molecule has 0 saturated heterocycles. The maximum absolute atomic E-state index is 12.7. The van der Waals surface area contributed by atoms with Crippen LogP contribution in [0.2, 0.25) is 0 Å². The molecule has 154 valence electrons. The second-order valence-corrected chi connectivity index (χ2v) is 7.89. The Morgan fingerprint density at radius 1 is 1.13 bits per heavy atom. The predicted molar refractivity (Wildman–Crippen MR) is 119 cm³/mol. The van der Waals surface area contributed by atoms with Gasteiger partial charge in [-0.25, -0.2) is 0 Å². The molecule has 5 nitrogen and oxygen atoms in total. The summed E-state index contributed by atoms with van der Waals surface area (Å²) in [6.07, 6.45) is 3.81. The number of amides is 1. The first-order valence-corrected chi connectivity index (χ1v) is 10.3. The molecule has 0 aliphatic heterocycles. The summed E-state index contributed by atoms with van der Waals surface area (Å²) < 4.78 is 5.74. The van der Waals surface area contributed by atoms with Gasteiger partial charge in [0.2, 0.25) is 5.91 Å². The van der Waals surface area contributed by atoms with Crippen molar-refractivity contribution >= 4 is 16.9 Å². The molecule has 4 rings (SSSR count). The molecule has 0 saturated carbocycles. The first-order chi connectivity index (χ1) is 14.5. The second kappa shape index (κ2) is 8.57. The highest BCUT2D eigenvalue weighted by Gasteiger charge is 2.15. The van der Waals surface area contributed by atoms with E-state index in [1.807, 2.05) is 31.3 Å². The van der Waals surface area contributed by atoms with Gasteiger partial charge in [-0.15, -0.1) is 0 Å². The Morgan fingerprint density at radius 2 is 1.93 bits per heavy atom. The van der Waals surface area contributed by atoms with Crippen LogP contribution in [-0.2, 0) is 17.6 Å². The van der Waals surface area contributed by atoms with Gasteiger partial charge >= 0.3 is 0 Å². The summed E-state index contributed by atoms with van der Waals surface area (Å²) in [5.41, 5.74) is 7.30. The molecule has 0 aliphatic rings. The van der Waals surface area contributed by atoms with Crippen LogP contribution in [0.3, 0.4) is 0 Å². The molecule has 5 heteroatoms. The average Bonchev–Trinajstić information content (AvgIpc) is 3.39. The third-order valence-corrected chi connectivity index (χ3v) is 5.75. The summed E-state index contributed by atoms with van der Waals surface area (Å²) in [6.45, 7) is 4.82. The molecule has 4 aromatic rings. The number of carbonyl (C=O) groups is 1. The number of nitrogens with zero attached hydrogens (tertiary/aromatic N) is 2. The molecular weight excluding hydrogens is 374 g/mol. The van der Waals surface area contributed by atoms with Gasteiger partial charge in [0.25, 0.3) is 0 Å². The van der Waals surface area contributed by atoms with E-state index in [1.54, 1.807) is 11.2 Å². The summed E-state index contributed by atoms with van der Waals surface area (Å²) in [4.78, 5) is 14.5. The fourth-order valence-corrected chi connectivity index (χ4v) is 3.70. The molecule has 0 fully saturated rings. The lowest BCUT2D eigenvalue weighted by molar-refractivity contribution is -0.129. The monoisotopic (exact) mass is 401 g/mol. The van der Waals surface area contributed by atoms with Gasteiger partial charge in [0, 0.05) is 35.8 Å². The number of likely N-dealkylation sites (N-methyl/N-ethyl adjacent to an activating group) is 1. The van der Waals surface area contributed by atoms with E-state index in [1.165, 1.54) is 5.56 Å². The number of carbonyl (C=O) groups excluding carboxylic acids is 1. The quantitative estimate of drug-likeness (QED) is 0.470. The Labute approximate surface area is 176 Å². The normalized spacial score (nSPS) is 11.2. The van der Waals surface area contributed by atoms with Crippen LogP contribution in [0.5, 0.6) is 0 Å². The SMILES string of the molecule is Cc1ccc2c(CC(=O)N(C)CCCc3cc(-c4ccccc4)n[nH]3)coc2c1C. The van der Waals surface area contributed by atoms with Crippen LogP contribution < -0.4 is 0 Å². The van der Waals surface area contributed by atoms with E-state index < -0.39 is 0 Å². The van der Waals surface area contributed by atoms with Crippen molar-refractivity contribution in [3.63, 3.8) is 0 Å². The van der Waals surface area contributed by atoms with Gasteiger partial charge in [-0.1, -0.05) is 42.5 Å². The summed E-state index contributed by atoms with van der Waals surface area (Å²) >= 11 is 0. The summed E-state index contributed by atoms with van der Waals surface area (Å²) in [6, 6.07) is 16.3. The van der Waals surface area contributed by atoms with E-state index >= 15 is 0 Å². The molecule has 0 aliphatic carbocycles. The van der Waals surface area contributed by atoms with Crippen molar-refractivity contribution in [3.05, 3.63) is 77.2 Å². The Morgan fingerprint density at radius 3 is 2.73 bits per heavy atom.